The van der Waals surface area contributed by atoms with Crippen molar-refractivity contribution < 1.29 is 13.9 Å². The maximum atomic E-state index is 13.8. The van der Waals surface area contributed by atoms with E-state index < -0.39 is 0 Å². The van der Waals surface area contributed by atoms with Gasteiger partial charge in [-0.2, -0.15) is 0 Å². The maximum Gasteiger partial charge on any atom is 0.224 e. The summed E-state index contributed by atoms with van der Waals surface area (Å²) in [5.41, 5.74) is 6.71. The van der Waals surface area contributed by atoms with Crippen LogP contribution in [0.1, 0.15) is 25.7 Å². The first kappa shape index (κ1) is 16.1. The lowest BCUT2D eigenvalue weighted by molar-refractivity contribution is -0.133. The smallest absolute Gasteiger partial charge is 0.224 e. The molecule has 0 unspecified atom stereocenters. The molecule has 5 nitrogen and oxygen atoms in total. The molecule has 3 rings (SSSR count). The van der Waals surface area contributed by atoms with Crippen molar-refractivity contribution in [2.45, 2.75) is 31.2 Å². The van der Waals surface area contributed by atoms with Crippen LogP contribution in [0, 0.1) is 5.82 Å². The highest BCUT2D eigenvalue weighted by molar-refractivity contribution is 5.78. The number of carbonyl (C=O) groups is 1. The van der Waals surface area contributed by atoms with E-state index in [1.165, 1.54) is 13.2 Å². The lowest BCUT2D eigenvalue weighted by Gasteiger charge is -2.41. The Morgan fingerprint density at radius 1 is 1.30 bits per heavy atom. The lowest BCUT2D eigenvalue weighted by atomic mass is 9.75. The van der Waals surface area contributed by atoms with E-state index in [2.05, 4.69) is 4.90 Å². The normalized spacial score (nSPS) is 20.1. The van der Waals surface area contributed by atoms with E-state index in [9.17, 15) is 9.18 Å². The number of hydrogen-bond donors (Lipinski definition) is 1. The van der Waals surface area contributed by atoms with Crippen LogP contribution in [0.3, 0.4) is 0 Å². The molecular formula is C17H24FN3O2. The number of amides is 1. The number of rotatable bonds is 4. The zero-order chi connectivity index (χ0) is 16.4. The van der Waals surface area contributed by atoms with Gasteiger partial charge in [0, 0.05) is 49.9 Å². The molecule has 2 aliphatic rings. The summed E-state index contributed by atoms with van der Waals surface area (Å²) in [6.45, 7) is 2.72. The Morgan fingerprint density at radius 3 is 2.52 bits per heavy atom. The Balaban J connectivity index is 1.55. The number of benzene rings is 1. The van der Waals surface area contributed by atoms with Crippen LogP contribution in [0.4, 0.5) is 10.1 Å². The van der Waals surface area contributed by atoms with Gasteiger partial charge in [-0.05, 0) is 31.4 Å². The molecule has 6 heteroatoms. The summed E-state index contributed by atoms with van der Waals surface area (Å²) in [5.74, 6) is 0.0302. The van der Waals surface area contributed by atoms with Crippen molar-refractivity contribution in [3.63, 3.8) is 0 Å². The molecule has 0 atom stereocenters. The van der Waals surface area contributed by atoms with E-state index in [1.54, 1.807) is 6.07 Å². The highest BCUT2D eigenvalue weighted by Gasteiger charge is 2.36. The van der Waals surface area contributed by atoms with E-state index in [1.807, 2.05) is 11.0 Å². The second-order valence-corrected chi connectivity index (χ2v) is 6.58. The Kier molecular flexibility index (Phi) is 4.43. The largest absolute Gasteiger partial charge is 0.494 e. The zero-order valence-electron chi connectivity index (χ0n) is 13.6. The van der Waals surface area contributed by atoms with E-state index in [4.69, 9.17) is 10.5 Å². The minimum Gasteiger partial charge on any atom is -0.494 e. The third kappa shape index (κ3) is 3.42. The van der Waals surface area contributed by atoms with Gasteiger partial charge in [-0.3, -0.25) is 4.79 Å². The number of methoxy groups -OCH3 is 1. The molecule has 0 bridgehead atoms. The first-order valence-corrected chi connectivity index (χ1v) is 8.16. The van der Waals surface area contributed by atoms with Gasteiger partial charge < -0.3 is 20.3 Å². The lowest BCUT2D eigenvalue weighted by Crippen LogP contribution is -2.54. The maximum absolute atomic E-state index is 13.8. The molecule has 1 heterocycles. The molecule has 1 amide bonds. The first-order chi connectivity index (χ1) is 11.0. The van der Waals surface area contributed by atoms with Gasteiger partial charge >= 0.3 is 0 Å². The van der Waals surface area contributed by atoms with Crippen molar-refractivity contribution in [1.82, 2.24) is 4.90 Å². The molecule has 0 radical (unpaired) electrons. The van der Waals surface area contributed by atoms with Gasteiger partial charge in [-0.15, -0.1) is 0 Å². The molecule has 1 aliphatic heterocycles. The molecule has 23 heavy (non-hydrogen) atoms. The number of anilines is 1. The van der Waals surface area contributed by atoms with Gasteiger partial charge in [-0.25, -0.2) is 4.39 Å². The number of nitrogens with two attached hydrogens (primary N) is 1. The molecule has 0 spiro atoms. The van der Waals surface area contributed by atoms with Crippen LogP contribution in [-0.2, 0) is 4.79 Å². The summed E-state index contributed by atoms with van der Waals surface area (Å²) in [4.78, 5) is 16.3. The van der Waals surface area contributed by atoms with E-state index >= 15 is 0 Å². The average molecular weight is 321 g/mol. The molecule has 1 aromatic rings. The molecule has 2 N–H and O–H groups in total. The van der Waals surface area contributed by atoms with Crippen LogP contribution >= 0.6 is 0 Å². The van der Waals surface area contributed by atoms with Crippen LogP contribution in [0.2, 0.25) is 0 Å². The van der Waals surface area contributed by atoms with Crippen molar-refractivity contribution in [3.8, 4) is 5.75 Å². The topological polar surface area (TPSA) is 58.8 Å². The number of nitrogens with zero attached hydrogens (tertiary/aromatic N) is 2. The van der Waals surface area contributed by atoms with Crippen LogP contribution in [-0.4, -0.2) is 49.6 Å². The fourth-order valence-corrected chi connectivity index (χ4v) is 3.29. The molecule has 126 valence electrons. The Bertz CT molecular complexity index is 581. The summed E-state index contributed by atoms with van der Waals surface area (Å²) in [6, 6.07) is 4.97. The van der Waals surface area contributed by atoms with Crippen molar-refractivity contribution in [2.24, 2.45) is 5.73 Å². The summed E-state index contributed by atoms with van der Waals surface area (Å²) in [5, 5.41) is 0. The number of carbonyl (C=O) groups excluding carboxylic acids is 1. The highest BCUT2D eigenvalue weighted by Crippen LogP contribution is 2.33. The molecule has 0 aromatic heterocycles. The Labute approximate surface area is 136 Å². The summed E-state index contributed by atoms with van der Waals surface area (Å²) >= 11 is 0. The quantitative estimate of drug-likeness (QED) is 0.918. The zero-order valence-corrected chi connectivity index (χ0v) is 13.6. The fourth-order valence-electron chi connectivity index (χ4n) is 3.29. The van der Waals surface area contributed by atoms with Crippen LogP contribution in [0.5, 0.6) is 5.75 Å². The Hall–Kier alpha value is -1.82. The number of ether oxygens (including phenoxy) is 1. The van der Waals surface area contributed by atoms with Crippen molar-refractivity contribution >= 4 is 11.6 Å². The van der Waals surface area contributed by atoms with Gasteiger partial charge in [0.2, 0.25) is 5.91 Å². The predicted octanol–water partition coefficient (Wildman–Crippen LogP) is 1.75. The molecule has 1 saturated carbocycles. The van der Waals surface area contributed by atoms with Gasteiger partial charge in [0.15, 0.2) is 11.6 Å². The van der Waals surface area contributed by atoms with Gasteiger partial charge in [0.25, 0.3) is 0 Å². The van der Waals surface area contributed by atoms with Crippen LogP contribution < -0.4 is 15.4 Å². The predicted molar refractivity (Wildman–Crippen MR) is 87.1 cm³/mol. The first-order valence-electron chi connectivity index (χ1n) is 8.16. The monoisotopic (exact) mass is 321 g/mol. The molecular weight excluding hydrogens is 297 g/mol. The van der Waals surface area contributed by atoms with Crippen molar-refractivity contribution in [1.29, 1.82) is 0 Å². The number of halogens is 1. The van der Waals surface area contributed by atoms with Crippen LogP contribution in [0.15, 0.2) is 18.2 Å². The third-order valence-electron chi connectivity index (χ3n) is 4.99. The second kappa shape index (κ2) is 6.35. The van der Waals surface area contributed by atoms with Gasteiger partial charge in [0.1, 0.15) is 0 Å². The molecule has 1 aliphatic carbocycles. The van der Waals surface area contributed by atoms with Crippen molar-refractivity contribution in [3.05, 3.63) is 24.0 Å². The van der Waals surface area contributed by atoms with Gasteiger partial charge in [-0.1, -0.05) is 0 Å². The fraction of sp³-hybridized carbons (Fsp3) is 0.588. The van der Waals surface area contributed by atoms with E-state index in [-0.39, 0.29) is 23.0 Å². The minimum absolute atomic E-state index is 0.146. The second-order valence-electron chi connectivity index (χ2n) is 6.58. The van der Waals surface area contributed by atoms with Crippen LogP contribution in [0.25, 0.3) is 0 Å². The SMILES string of the molecule is COc1ccc(N2CCN(C(=O)CC3(N)CCC3)CC2)cc1F. The Morgan fingerprint density at radius 2 is 2.00 bits per heavy atom. The minimum atomic E-state index is -0.362. The summed E-state index contributed by atoms with van der Waals surface area (Å²) in [6.07, 6.45) is 3.47. The summed E-state index contributed by atoms with van der Waals surface area (Å²) < 4.78 is 18.8. The van der Waals surface area contributed by atoms with Crippen molar-refractivity contribution in [2.75, 3.05) is 38.2 Å². The molecule has 1 saturated heterocycles. The number of piperazine rings is 1. The standard InChI is InChI=1S/C17H24FN3O2/c1-23-15-4-3-13(11-14(15)18)20-7-9-21(10-8-20)16(22)12-17(19)5-2-6-17/h3-4,11H,2,5-10,12,19H2,1H3. The summed E-state index contributed by atoms with van der Waals surface area (Å²) in [7, 11) is 1.45. The molecule has 1 aromatic carbocycles. The van der Waals surface area contributed by atoms with Gasteiger partial charge in [0.05, 0.1) is 7.11 Å². The van der Waals surface area contributed by atoms with E-state index in [0.717, 1.165) is 24.9 Å². The number of hydrogen-bond acceptors (Lipinski definition) is 4. The average Bonchev–Trinajstić information content (AvgIpc) is 2.53. The van der Waals surface area contributed by atoms with E-state index in [0.29, 0.717) is 32.6 Å². The molecule has 2 fully saturated rings. The highest BCUT2D eigenvalue weighted by atomic mass is 19.1. The third-order valence-corrected chi connectivity index (χ3v) is 4.99.